The molecule has 7 heteroatoms. The van der Waals surface area contributed by atoms with Gasteiger partial charge in [-0.2, -0.15) is 0 Å². The van der Waals surface area contributed by atoms with Gasteiger partial charge in [0.15, 0.2) is 0 Å². The van der Waals surface area contributed by atoms with Crippen molar-refractivity contribution in [3.05, 3.63) is 0 Å². The highest BCUT2D eigenvalue weighted by atomic mass is 16.4. The van der Waals surface area contributed by atoms with E-state index in [2.05, 4.69) is 5.32 Å². The molecular weight excluding hydrogens is 274 g/mol. The fourth-order valence-electron chi connectivity index (χ4n) is 2.12. The third-order valence-corrected chi connectivity index (χ3v) is 3.81. The van der Waals surface area contributed by atoms with Gasteiger partial charge in [0, 0.05) is 20.6 Å². The second kappa shape index (κ2) is 6.78. The van der Waals surface area contributed by atoms with E-state index in [9.17, 15) is 19.5 Å². The largest absolute Gasteiger partial charge is 0.480 e. The van der Waals surface area contributed by atoms with Crippen LogP contribution in [0.3, 0.4) is 0 Å². The number of nitrogens with zero attached hydrogens (tertiary/aromatic N) is 2. The third-order valence-electron chi connectivity index (χ3n) is 3.81. The number of carbonyl (C=O) groups excluding carboxylic acids is 2. The number of aliphatic carboxylic acids is 1. The predicted molar refractivity (Wildman–Crippen MR) is 77.9 cm³/mol. The van der Waals surface area contributed by atoms with E-state index in [-0.39, 0.29) is 18.4 Å². The Hall–Kier alpha value is -1.79. The van der Waals surface area contributed by atoms with Gasteiger partial charge in [-0.15, -0.1) is 0 Å². The van der Waals surface area contributed by atoms with Gasteiger partial charge in [-0.3, -0.25) is 4.79 Å². The smallest absolute Gasteiger partial charge is 0.329 e. The van der Waals surface area contributed by atoms with Crippen LogP contribution in [0.4, 0.5) is 4.79 Å². The average Bonchev–Trinajstić information content (AvgIpc) is 3.21. The first-order valence-electron chi connectivity index (χ1n) is 7.23. The van der Waals surface area contributed by atoms with E-state index in [4.69, 9.17) is 0 Å². The minimum Gasteiger partial charge on any atom is -0.480 e. The molecule has 0 heterocycles. The van der Waals surface area contributed by atoms with Crippen LogP contribution in [0.1, 0.15) is 33.1 Å². The first kappa shape index (κ1) is 17.3. The van der Waals surface area contributed by atoms with E-state index >= 15 is 0 Å². The summed E-state index contributed by atoms with van der Waals surface area (Å²) < 4.78 is 0. The number of likely N-dealkylation sites (N-methyl/N-ethyl adjacent to an activating group) is 1. The normalized spacial score (nSPS) is 16.8. The van der Waals surface area contributed by atoms with Crippen LogP contribution < -0.4 is 5.32 Å². The molecule has 2 N–H and O–H groups in total. The van der Waals surface area contributed by atoms with Gasteiger partial charge < -0.3 is 20.2 Å². The molecule has 0 aromatic heterocycles. The molecule has 0 bridgehead atoms. The Balaban J connectivity index is 2.76. The molecule has 7 nitrogen and oxygen atoms in total. The number of hydrogen-bond donors (Lipinski definition) is 2. The first-order valence-corrected chi connectivity index (χ1v) is 7.23. The maximum Gasteiger partial charge on any atom is 0.329 e. The first-order chi connectivity index (χ1) is 9.72. The number of amides is 3. The van der Waals surface area contributed by atoms with Gasteiger partial charge in [0.2, 0.25) is 5.91 Å². The molecule has 0 spiro atoms. The zero-order chi connectivity index (χ0) is 16.2. The van der Waals surface area contributed by atoms with E-state index < -0.39 is 17.5 Å². The molecule has 1 atom stereocenters. The summed E-state index contributed by atoms with van der Waals surface area (Å²) in [7, 11) is 3.24. The van der Waals surface area contributed by atoms with Crippen LogP contribution in [0.5, 0.6) is 0 Å². The molecular formula is C14H25N3O4. The van der Waals surface area contributed by atoms with Crippen molar-refractivity contribution in [3.63, 3.8) is 0 Å². The molecule has 0 radical (unpaired) electrons. The van der Waals surface area contributed by atoms with Crippen LogP contribution >= 0.6 is 0 Å². The quantitative estimate of drug-likeness (QED) is 0.726. The summed E-state index contributed by atoms with van der Waals surface area (Å²) in [5, 5.41) is 12.0. The molecule has 1 saturated carbocycles. The van der Waals surface area contributed by atoms with E-state index in [1.807, 2.05) is 6.92 Å². The fraction of sp³-hybridized carbons (Fsp3) is 0.786. The lowest BCUT2D eigenvalue weighted by atomic mass is 9.96. The van der Waals surface area contributed by atoms with Gasteiger partial charge in [0.1, 0.15) is 12.1 Å². The molecule has 21 heavy (non-hydrogen) atoms. The molecule has 1 fully saturated rings. The zero-order valence-corrected chi connectivity index (χ0v) is 13.2. The highest BCUT2D eigenvalue weighted by molar-refractivity contribution is 5.89. The minimum absolute atomic E-state index is 0.0352. The van der Waals surface area contributed by atoms with Crippen molar-refractivity contribution in [1.29, 1.82) is 0 Å². The lowest BCUT2D eigenvalue weighted by Crippen LogP contribution is -2.58. The summed E-state index contributed by atoms with van der Waals surface area (Å²) in [6.07, 6.45) is 2.29. The number of rotatable bonds is 7. The number of carboxylic acid groups (broad SMARTS) is 1. The summed E-state index contributed by atoms with van der Waals surface area (Å²) in [5.41, 5.74) is -1.26. The van der Waals surface area contributed by atoms with Gasteiger partial charge >= 0.3 is 12.0 Å². The van der Waals surface area contributed by atoms with Crippen molar-refractivity contribution in [2.24, 2.45) is 5.92 Å². The summed E-state index contributed by atoms with van der Waals surface area (Å²) in [4.78, 5) is 38.3. The summed E-state index contributed by atoms with van der Waals surface area (Å²) >= 11 is 0. The maximum absolute atomic E-state index is 12.3. The van der Waals surface area contributed by atoms with Gasteiger partial charge in [-0.1, -0.05) is 6.92 Å². The fourth-order valence-corrected chi connectivity index (χ4v) is 2.12. The lowest BCUT2D eigenvalue weighted by molar-refractivity contribution is -0.144. The van der Waals surface area contributed by atoms with Crippen molar-refractivity contribution < 1.29 is 19.5 Å². The van der Waals surface area contributed by atoms with E-state index in [1.54, 1.807) is 14.1 Å². The van der Waals surface area contributed by atoms with Gasteiger partial charge in [-0.05, 0) is 32.1 Å². The molecule has 0 aromatic carbocycles. The number of hydrogen-bond acceptors (Lipinski definition) is 3. The van der Waals surface area contributed by atoms with E-state index in [0.29, 0.717) is 13.0 Å². The molecule has 1 unspecified atom stereocenters. The second-order valence-electron chi connectivity index (χ2n) is 5.92. The van der Waals surface area contributed by atoms with Crippen LogP contribution in [-0.4, -0.2) is 65.5 Å². The van der Waals surface area contributed by atoms with E-state index in [0.717, 1.165) is 12.8 Å². The highest BCUT2D eigenvalue weighted by Crippen LogP contribution is 2.39. The van der Waals surface area contributed by atoms with Gasteiger partial charge in [0.05, 0.1) is 0 Å². The number of urea groups is 1. The van der Waals surface area contributed by atoms with Crippen LogP contribution in [0.15, 0.2) is 0 Å². The molecule has 0 aliphatic heterocycles. The Kier molecular flexibility index (Phi) is 5.57. The Labute approximate surface area is 125 Å². The average molecular weight is 299 g/mol. The molecule has 1 aliphatic carbocycles. The van der Waals surface area contributed by atoms with Crippen LogP contribution in [0, 0.1) is 5.92 Å². The molecule has 1 aliphatic rings. The lowest BCUT2D eigenvalue weighted by Gasteiger charge is -2.31. The monoisotopic (exact) mass is 299 g/mol. The maximum atomic E-state index is 12.3. The minimum atomic E-state index is -1.26. The summed E-state index contributed by atoms with van der Waals surface area (Å²) in [5.74, 6) is -1.26. The number of carbonyl (C=O) groups is 3. The number of carboxylic acids is 1. The second-order valence-corrected chi connectivity index (χ2v) is 5.92. The molecule has 120 valence electrons. The molecule has 1 rings (SSSR count). The van der Waals surface area contributed by atoms with Gasteiger partial charge in [0.25, 0.3) is 0 Å². The number of nitrogens with one attached hydrogen (secondary N) is 1. The third kappa shape index (κ3) is 4.34. The van der Waals surface area contributed by atoms with Crippen molar-refractivity contribution >= 4 is 17.9 Å². The topological polar surface area (TPSA) is 90.0 Å². The Morgan fingerprint density at radius 3 is 2.24 bits per heavy atom. The summed E-state index contributed by atoms with van der Waals surface area (Å²) in [6, 6.07) is -0.496. The highest BCUT2D eigenvalue weighted by Gasteiger charge is 2.49. The standard InChI is InChI=1S/C14H25N3O4/c1-5-8-17(9-11(18)16(3)4)13(21)15-14(2,12(19)20)10-6-7-10/h10H,5-9H2,1-4H3,(H,15,21)(H,19,20). The van der Waals surface area contributed by atoms with Crippen molar-refractivity contribution in [3.8, 4) is 0 Å². The molecule has 0 saturated heterocycles. The van der Waals surface area contributed by atoms with Crippen molar-refractivity contribution in [2.75, 3.05) is 27.2 Å². The van der Waals surface area contributed by atoms with Crippen molar-refractivity contribution in [1.82, 2.24) is 15.1 Å². The van der Waals surface area contributed by atoms with E-state index in [1.165, 1.54) is 16.7 Å². The Morgan fingerprint density at radius 2 is 1.86 bits per heavy atom. The Morgan fingerprint density at radius 1 is 1.29 bits per heavy atom. The van der Waals surface area contributed by atoms with Crippen LogP contribution in [0.25, 0.3) is 0 Å². The molecule has 0 aromatic rings. The zero-order valence-electron chi connectivity index (χ0n) is 13.2. The van der Waals surface area contributed by atoms with Crippen LogP contribution in [-0.2, 0) is 9.59 Å². The van der Waals surface area contributed by atoms with Gasteiger partial charge in [-0.25, -0.2) is 9.59 Å². The Bertz CT molecular complexity index is 420. The SMILES string of the molecule is CCCN(CC(=O)N(C)C)C(=O)NC(C)(C(=O)O)C1CC1. The van der Waals surface area contributed by atoms with Crippen LogP contribution in [0.2, 0.25) is 0 Å². The predicted octanol–water partition coefficient (Wildman–Crippen LogP) is 0.750. The van der Waals surface area contributed by atoms with Crippen molar-refractivity contribution in [2.45, 2.75) is 38.6 Å². The summed E-state index contributed by atoms with van der Waals surface area (Å²) in [6.45, 7) is 3.79. The molecule has 3 amide bonds.